The molecule has 2 rings (SSSR count). The van der Waals surface area contributed by atoms with Gasteiger partial charge in [0.05, 0.1) is 18.6 Å². The summed E-state index contributed by atoms with van der Waals surface area (Å²) in [6.07, 6.45) is 0.528. The number of carbonyl (C=O) groups excluding carboxylic acids is 1. The van der Waals surface area contributed by atoms with Crippen LogP contribution in [-0.4, -0.2) is 27.2 Å². The van der Waals surface area contributed by atoms with Gasteiger partial charge in [0.15, 0.2) is 0 Å². The minimum Gasteiger partial charge on any atom is -0.497 e. The van der Waals surface area contributed by atoms with Gasteiger partial charge in [0.25, 0.3) is 5.91 Å². The molecule has 0 aliphatic carbocycles. The zero-order valence-corrected chi connectivity index (χ0v) is 15.3. The van der Waals surface area contributed by atoms with Crippen molar-refractivity contribution in [3.63, 3.8) is 0 Å². The van der Waals surface area contributed by atoms with Crippen LogP contribution in [0.1, 0.15) is 29.3 Å². The number of hydrogen-bond donors (Lipinski definition) is 2. The molecule has 134 valence electrons. The number of methoxy groups -OCH3 is 1. The molecule has 2 aromatic carbocycles. The molecular formula is C18H22N2O4S. The van der Waals surface area contributed by atoms with E-state index in [0.29, 0.717) is 34.7 Å². The summed E-state index contributed by atoms with van der Waals surface area (Å²) in [5.74, 6) is 0.341. The molecule has 2 aromatic rings. The van der Waals surface area contributed by atoms with Gasteiger partial charge < -0.3 is 10.1 Å². The second-order valence-electron chi connectivity index (χ2n) is 5.59. The van der Waals surface area contributed by atoms with Gasteiger partial charge >= 0.3 is 0 Å². The van der Waals surface area contributed by atoms with E-state index in [9.17, 15) is 13.2 Å². The number of nitrogens with one attached hydrogen (secondary N) is 2. The summed E-state index contributed by atoms with van der Waals surface area (Å²) < 4.78 is 31.6. The van der Waals surface area contributed by atoms with Gasteiger partial charge in [-0.2, -0.15) is 0 Å². The van der Waals surface area contributed by atoms with Crippen LogP contribution in [0, 0.1) is 6.92 Å². The summed E-state index contributed by atoms with van der Waals surface area (Å²) in [7, 11) is -1.86. The molecule has 0 saturated carbocycles. The Morgan fingerprint density at radius 3 is 2.48 bits per heavy atom. The molecule has 25 heavy (non-hydrogen) atoms. The van der Waals surface area contributed by atoms with E-state index >= 15 is 0 Å². The van der Waals surface area contributed by atoms with Crippen molar-refractivity contribution in [2.75, 3.05) is 22.9 Å². The molecule has 0 aliphatic heterocycles. The second kappa shape index (κ2) is 8.02. The van der Waals surface area contributed by atoms with E-state index < -0.39 is 10.0 Å². The van der Waals surface area contributed by atoms with E-state index in [2.05, 4.69) is 10.0 Å². The average molecular weight is 362 g/mol. The Morgan fingerprint density at radius 2 is 1.80 bits per heavy atom. The highest BCUT2D eigenvalue weighted by Gasteiger charge is 2.14. The fourth-order valence-electron chi connectivity index (χ4n) is 2.33. The number of rotatable bonds is 7. The first kappa shape index (κ1) is 18.8. The van der Waals surface area contributed by atoms with E-state index in [1.165, 1.54) is 7.11 Å². The van der Waals surface area contributed by atoms with Crippen molar-refractivity contribution < 1.29 is 17.9 Å². The zero-order valence-electron chi connectivity index (χ0n) is 14.5. The molecule has 0 heterocycles. The van der Waals surface area contributed by atoms with E-state index in [-0.39, 0.29) is 11.7 Å². The lowest BCUT2D eigenvalue weighted by Gasteiger charge is -2.14. The topological polar surface area (TPSA) is 84.5 Å². The lowest BCUT2D eigenvalue weighted by molar-refractivity contribution is 0.102. The van der Waals surface area contributed by atoms with Crippen molar-refractivity contribution in [3.8, 4) is 5.75 Å². The normalized spacial score (nSPS) is 11.0. The number of amides is 1. The Kier molecular flexibility index (Phi) is 6.03. The molecule has 1 amide bonds. The summed E-state index contributed by atoms with van der Waals surface area (Å²) in [4.78, 5) is 12.4. The molecule has 6 nitrogen and oxygen atoms in total. The molecule has 0 atom stereocenters. The summed E-state index contributed by atoms with van der Waals surface area (Å²) in [5, 5.41) is 2.81. The van der Waals surface area contributed by atoms with Crippen molar-refractivity contribution in [1.82, 2.24) is 0 Å². The Balaban J connectivity index is 2.22. The van der Waals surface area contributed by atoms with Crippen LogP contribution in [0.4, 0.5) is 11.4 Å². The second-order valence-corrected chi connectivity index (χ2v) is 7.43. The third-order valence-electron chi connectivity index (χ3n) is 3.65. The number of ether oxygens (including phenoxy) is 1. The molecule has 2 N–H and O–H groups in total. The van der Waals surface area contributed by atoms with Crippen molar-refractivity contribution >= 4 is 27.3 Å². The molecule has 7 heteroatoms. The smallest absolute Gasteiger partial charge is 0.255 e. The van der Waals surface area contributed by atoms with Gasteiger partial charge in [-0.15, -0.1) is 0 Å². The van der Waals surface area contributed by atoms with Crippen LogP contribution in [0.3, 0.4) is 0 Å². The lowest BCUT2D eigenvalue weighted by Crippen LogP contribution is -2.18. The van der Waals surface area contributed by atoms with Crippen molar-refractivity contribution in [1.29, 1.82) is 0 Å². The zero-order chi connectivity index (χ0) is 18.4. The third kappa shape index (κ3) is 4.96. The van der Waals surface area contributed by atoms with Gasteiger partial charge in [-0.25, -0.2) is 8.42 Å². The van der Waals surface area contributed by atoms with Gasteiger partial charge in [-0.3, -0.25) is 9.52 Å². The minimum atomic E-state index is -3.39. The molecule has 0 fully saturated rings. The molecule has 0 radical (unpaired) electrons. The standard InChI is InChI=1S/C18H22N2O4S/c1-4-11-25(22,23)20-17-10-6-9-16(13(17)2)19-18(21)14-7-5-8-15(12-14)24-3/h5-10,12,20H,4,11H2,1-3H3,(H,19,21). The molecular weight excluding hydrogens is 340 g/mol. The van der Waals surface area contributed by atoms with E-state index in [4.69, 9.17) is 4.74 Å². The maximum atomic E-state index is 12.4. The Bertz CT molecular complexity index is 863. The summed E-state index contributed by atoms with van der Waals surface area (Å²) in [6.45, 7) is 3.56. The van der Waals surface area contributed by atoms with Gasteiger partial charge in [-0.1, -0.05) is 19.1 Å². The molecule has 0 aliphatic rings. The van der Waals surface area contributed by atoms with E-state index in [1.807, 2.05) is 0 Å². The number of benzene rings is 2. The van der Waals surface area contributed by atoms with Crippen LogP contribution in [0.15, 0.2) is 42.5 Å². The molecule has 0 unspecified atom stereocenters. The molecule has 0 aromatic heterocycles. The van der Waals surface area contributed by atoms with Crippen molar-refractivity contribution in [2.24, 2.45) is 0 Å². The number of carbonyl (C=O) groups is 1. The SMILES string of the molecule is CCCS(=O)(=O)Nc1cccc(NC(=O)c2cccc(OC)c2)c1C. The Labute approximate surface area is 148 Å². The monoisotopic (exact) mass is 362 g/mol. The highest BCUT2D eigenvalue weighted by Crippen LogP contribution is 2.25. The van der Waals surface area contributed by atoms with Gasteiger partial charge in [0.1, 0.15) is 5.75 Å². The van der Waals surface area contributed by atoms with Crippen molar-refractivity contribution in [2.45, 2.75) is 20.3 Å². The first-order chi connectivity index (χ1) is 11.9. The van der Waals surface area contributed by atoms with Crippen LogP contribution in [0.5, 0.6) is 5.75 Å². The van der Waals surface area contributed by atoms with Crippen LogP contribution in [0.2, 0.25) is 0 Å². The fourth-order valence-corrected chi connectivity index (χ4v) is 3.52. The van der Waals surface area contributed by atoms with Crippen LogP contribution < -0.4 is 14.8 Å². The van der Waals surface area contributed by atoms with E-state index in [1.54, 1.807) is 56.3 Å². The largest absolute Gasteiger partial charge is 0.497 e. The Hall–Kier alpha value is -2.54. The average Bonchev–Trinajstić information content (AvgIpc) is 2.58. The first-order valence-electron chi connectivity index (χ1n) is 7.92. The van der Waals surface area contributed by atoms with Gasteiger partial charge in [0, 0.05) is 11.3 Å². The highest BCUT2D eigenvalue weighted by atomic mass is 32.2. The predicted molar refractivity (Wildman–Crippen MR) is 99.8 cm³/mol. The minimum absolute atomic E-state index is 0.0484. The first-order valence-corrected chi connectivity index (χ1v) is 9.57. The van der Waals surface area contributed by atoms with Crippen LogP contribution >= 0.6 is 0 Å². The number of hydrogen-bond acceptors (Lipinski definition) is 4. The molecule has 0 saturated heterocycles. The maximum Gasteiger partial charge on any atom is 0.255 e. The lowest BCUT2D eigenvalue weighted by atomic mass is 10.1. The third-order valence-corrected chi connectivity index (χ3v) is 5.13. The van der Waals surface area contributed by atoms with E-state index in [0.717, 1.165) is 0 Å². The summed E-state index contributed by atoms with van der Waals surface area (Å²) in [5.41, 5.74) is 2.11. The predicted octanol–water partition coefficient (Wildman–Crippen LogP) is 3.41. The number of anilines is 2. The summed E-state index contributed by atoms with van der Waals surface area (Å²) in [6, 6.07) is 11.9. The fraction of sp³-hybridized carbons (Fsp3) is 0.278. The van der Waals surface area contributed by atoms with Gasteiger partial charge in [-0.05, 0) is 49.2 Å². The molecule has 0 spiro atoms. The summed E-state index contributed by atoms with van der Waals surface area (Å²) >= 11 is 0. The maximum absolute atomic E-state index is 12.4. The Morgan fingerprint density at radius 1 is 1.12 bits per heavy atom. The number of sulfonamides is 1. The van der Waals surface area contributed by atoms with Crippen LogP contribution in [0.25, 0.3) is 0 Å². The van der Waals surface area contributed by atoms with Gasteiger partial charge in [0.2, 0.25) is 10.0 Å². The molecule has 0 bridgehead atoms. The van der Waals surface area contributed by atoms with Crippen LogP contribution in [-0.2, 0) is 10.0 Å². The van der Waals surface area contributed by atoms with Crippen molar-refractivity contribution in [3.05, 3.63) is 53.6 Å². The highest BCUT2D eigenvalue weighted by molar-refractivity contribution is 7.92. The quantitative estimate of drug-likeness (QED) is 0.790.